The van der Waals surface area contributed by atoms with Crippen LogP contribution in [0.15, 0.2) is 12.1 Å². The number of hydrogen-bond acceptors (Lipinski definition) is 2. The molecule has 1 rings (SSSR count). The van der Waals surface area contributed by atoms with Gasteiger partial charge in [0, 0.05) is 9.13 Å². The molecule has 0 spiro atoms. The Balaban J connectivity index is 3.56. The van der Waals surface area contributed by atoms with Crippen LogP contribution >= 0.6 is 22.6 Å². The van der Waals surface area contributed by atoms with Crippen molar-refractivity contribution in [2.75, 3.05) is 0 Å². The molecule has 7 heteroatoms. The lowest BCUT2D eigenvalue weighted by Gasteiger charge is -2.11. The first-order chi connectivity index (χ1) is 7.27. The van der Waals surface area contributed by atoms with Crippen LogP contribution in [-0.2, 0) is 6.18 Å². The van der Waals surface area contributed by atoms with E-state index in [9.17, 15) is 18.0 Å². The van der Waals surface area contributed by atoms with Crippen LogP contribution in [0.3, 0.4) is 0 Å². The lowest BCUT2D eigenvalue weighted by atomic mass is 10.1. The monoisotopic (exact) mass is 340 g/mol. The maximum atomic E-state index is 12.5. The second kappa shape index (κ2) is 4.29. The molecule has 0 fully saturated rings. The molecule has 0 radical (unpaired) electrons. The SMILES string of the molecule is N#Cc1cc(C(N)=O)cc(C(F)(F)F)c1I. The topological polar surface area (TPSA) is 66.9 Å². The average Bonchev–Trinajstić information content (AvgIpc) is 2.15. The highest BCUT2D eigenvalue weighted by atomic mass is 127. The molecule has 0 saturated carbocycles. The van der Waals surface area contributed by atoms with Crippen molar-refractivity contribution < 1.29 is 18.0 Å². The van der Waals surface area contributed by atoms with Gasteiger partial charge in [-0.2, -0.15) is 18.4 Å². The first-order valence-electron chi connectivity index (χ1n) is 3.88. The van der Waals surface area contributed by atoms with E-state index < -0.39 is 17.6 Å². The van der Waals surface area contributed by atoms with Gasteiger partial charge < -0.3 is 5.73 Å². The lowest BCUT2D eigenvalue weighted by molar-refractivity contribution is -0.138. The Bertz CT molecular complexity index is 491. The van der Waals surface area contributed by atoms with Crippen LogP contribution in [-0.4, -0.2) is 5.91 Å². The van der Waals surface area contributed by atoms with Crippen molar-refractivity contribution in [3.8, 4) is 6.07 Å². The molecule has 1 amide bonds. The van der Waals surface area contributed by atoms with Gasteiger partial charge in [0.25, 0.3) is 0 Å². The number of amides is 1. The summed E-state index contributed by atoms with van der Waals surface area (Å²) < 4.78 is 37.4. The molecular weight excluding hydrogens is 336 g/mol. The molecule has 0 aromatic heterocycles. The molecule has 0 atom stereocenters. The van der Waals surface area contributed by atoms with E-state index in [0.717, 1.165) is 6.07 Å². The summed E-state index contributed by atoms with van der Waals surface area (Å²) in [7, 11) is 0. The Morgan fingerprint density at radius 2 is 2.00 bits per heavy atom. The van der Waals surface area contributed by atoms with Crippen LogP contribution in [0, 0.1) is 14.9 Å². The van der Waals surface area contributed by atoms with Crippen molar-refractivity contribution in [2.24, 2.45) is 5.73 Å². The molecule has 0 aliphatic rings. The number of primary amides is 1. The Morgan fingerprint density at radius 3 is 2.38 bits per heavy atom. The first kappa shape index (κ1) is 12.8. The largest absolute Gasteiger partial charge is 0.417 e. The second-order valence-corrected chi connectivity index (χ2v) is 3.94. The normalized spacial score (nSPS) is 10.9. The van der Waals surface area contributed by atoms with Crippen molar-refractivity contribution in [1.82, 2.24) is 0 Å². The highest BCUT2D eigenvalue weighted by Crippen LogP contribution is 2.34. The zero-order valence-corrected chi connectivity index (χ0v) is 9.76. The molecule has 1 aromatic carbocycles. The van der Waals surface area contributed by atoms with Crippen molar-refractivity contribution in [1.29, 1.82) is 5.26 Å². The van der Waals surface area contributed by atoms with E-state index >= 15 is 0 Å². The minimum absolute atomic E-state index is 0.218. The highest BCUT2D eigenvalue weighted by molar-refractivity contribution is 14.1. The molecule has 3 nitrogen and oxygen atoms in total. The Hall–Kier alpha value is -1.30. The summed E-state index contributed by atoms with van der Waals surface area (Å²) in [4.78, 5) is 10.8. The Labute approximate surface area is 102 Å². The molecule has 0 aliphatic heterocycles. The van der Waals surface area contributed by atoms with Gasteiger partial charge in [0.05, 0.1) is 11.1 Å². The van der Waals surface area contributed by atoms with E-state index in [4.69, 9.17) is 11.0 Å². The third-order valence-electron chi connectivity index (χ3n) is 1.78. The van der Waals surface area contributed by atoms with Gasteiger partial charge in [-0.3, -0.25) is 4.79 Å². The van der Waals surface area contributed by atoms with E-state index in [-0.39, 0.29) is 14.7 Å². The summed E-state index contributed by atoms with van der Waals surface area (Å²) in [6.45, 7) is 0. The number of rotatable bonds is 1. The van der Waals surface area contributed by atoms with Crippen LogP contribution in [0.4, 0.5) is 13.2 Å². The predicted molar refractivity (Wildman–Crippen MR) is 57.4 cm³/mol. The van der Waals surface area contributed by atoms with E-state index in [1.165, 1.54) is 22.6 Å². The first-order valence-corrected chi connectivity index (χ1v) is 4.96. The number of alkyl halides is 3. The summed E-state index contributed by atoms with van der Waals surface area (Å²) in [5, 5.41) is 8.64. The predicted octanol–water partition coefficient (Wildman–Crippen LogP) is 2.28. The molecule has 1 aromatic rings. The van der Waals surface area contributed by atoms with Gasteiger partial charge >= 0.3 is 6.18 Å². The number of nitrogens with two attached hydrogens (primary N) is 1. The molecule has 0 bridgehead atoms. The Kier molecular flexibility index (Phi) is 3.42. The molecule has 0 unspecified atom stereocenters. The van der Waals surface area contributed by atoms with Crippen LogP contribution in [0.25, 0.3) is 0 Å². The molecule has 2 N–H and O–H groups in total. The van der Waals surface area contributed by atoms with E-state index in [1.807, 2.05) is 0 Å². The van der Waals surface area contributed by atoms with Crippen molar-refractivity contribution >= 4 is 28.5 Å². The van der Waals surface area contributed by atoms with Crippen molar-refractivity contribution in [3.05, 3.63) is 32.4 Å². The fourth-order valence-electron chi connectivity index (χ4n) is 1.05. The number of carbonyl (C=O) groups excluding carboxylic acids is 1. The van der Waals surface area contributed by atoms with Gasteiger partial charge in [-0.1, -0.05) is 0 Å². The quantitative estimate of drug-likeness (QED) is 0.797. The Morgan fingerprint density at radius 1 is 1.44 bits per heavy atom. The van der Waals surface area contributed by atoms with Gasteiger partial charge in [0.15, 0.2) is 0 Å². The fourth-order valence-corrected chi connectivity index (χ4v) is 1.79. The summed E-state index contributed by atoms with van der Waals surface area (Å²) in [5.41, 5.74) is 3.31. The van der Waals surface area contributed by atoms with Crippen LogP contribution in [0.2, 0.25) is 0 Å². The van der Waals surface area contributed by atoms with Gasteiger partial charge in [0.2, 0.25) is 5.91 Å². The summed E-state index contributed by atoms with van der Waals surface area (Å²) >= 11 is 1.41. The van der Waals surface area contributed by atoms with Crippen LogP contribution in [0.5, 0.6) is 0 Å². The summed E-state index contributed by atoms with van der Waals surface area (Å²) in [5.74, 6) is -1.00. The number of nitriles is 1. The van der Waals surface area contributed by atoms with Crippen molar-refractivity contribution in [3.63, 3.8) is 0 Å². The lowest BCUT2D eigenvalue weighted by Crippen LogP contribution is -2.15. The van der Waals surface area contributed by atoms with Gasteiger partial charge in [-0.25, -0.2) is 0 Å². The molecule has 0 heterocycles. The zero-order valence-electron chi connectivity index (χ0n) is 7.60. The number of benzene rings is 1. The number of halogens is 4. The minimum atomic E-state index is -4.62. The van der Waals surface area contributed by atoms with Gasteiger partial charge in [-0.15, -0.1) is 0 Å². The highest BCUT2D eigenvalue weighted by Gasteiger charge is 2.34. The van der Waals surface area contributed by atoms with E-state index in [1.54, 1.807) is 6.07 Å². The van der Waals surface area contributed by atoms with Gasteiger partial charge in [-0.05, 0) is 34.7 Å². The third kappa shape index (κ3) is 2.44. The average molecular weight is 340 g/mol. The molecule has 16 heavy (non-hydrogen) atoms. The fraction of sp³-hybridized carbons (Fsp3) is 0.111. The second-order valence-electron chi connectivity index (χ2n) is 2.86. The number of nitrogens with zero attached hydrogens (tertiary/aromatic N) is 1. The van der Waals surface area contributed by atoms with Crippen LogP contribution in [0.1, 0.15) is 21.5 Å². The van der Waals surface area contributed by atoms with Crippen LogP contribution < -0.4 is 5.73 Å². The molecule has 0 saturated heterocycles. The van der Waals surface area contributed by atoms with Crippen molar-refractivity contribution in [2.45, 2.75) is 6.18 Å². The minimum Gasteiger partial charge on any atom is -0.366 e. The number of hydrogen-bond donors (Lipinski definition) is 1. The maximum Gasteiger partial charge on any atom is 0.417 e. The molecule has 84 valence electrons. The maximum absolute atomic E-state index is 12.5. The zero-order chi connectivity index (χ0) is 12.5. The number of carbonyl (C=O) groups is 1. The molecular formula is C9H4F3IN2O. The smallest absolute Gasteiger partial charge is 0.366 e. The standard InChI is InChI=1S/C9H4F3IN2O/c10-9(11,12)6-2-4(8(15)16)1-5(3-14)7(6)13/h1-2H,(H2,15,16). The summed E-state index contributed by atoms with van der Waals surface area (Å²) in [6, 6.07) is 3.27. The third-order valence-corrected chi connectivity index (χ3v) is 2.95. The molecule has 0 aliphatic carbocycles. The van der Waals surface area contributed by atoms with E-state index in [2.05, 4.69) is 0 Å². The summed E-state index contributed by atoms with van der Waals surface area (Å²) in [6.07, 6.45) is -4.62. The van der Waals surface area contributed by atoms with Gasteiger partial charge in [0.1, 0.15) is 6.07 Å². The van der Waals surface area contributed by atoms with E-state index in [0.29, 0.717) is 6.07 Å².